The molecule has 2 fully saturated rings. The molecule has 2 aromatic carbocycles. The van der Waals surface area contributed by atoms with Crippen LogP contribution in [0.3, 0.4) is 0 Å². The van der Waals surface area contributed by atoms with Gasteiger partial charge in [-0.15, -0.1) is 0 Å². The molecule has 8 heteroatoms. The Labute approximate surface area is 213 Å². The van der Waals surface area contributed by atoms with Gasteiger partial charge in [-0.1, -0.05) is 67.6 Å². The van der Waals surface area contributed by atoms with Crippen molar-refractivity contribution in [2.75, 3.05) is 7.11 Å². The third-order valence-corrected chi connectivity index (χ3v) is 7.50. The minimum Gasteiger partial charge on any atom is -0.467 e. The van der Waals surface area contributed by atoms with Crippen molar-refractivity contribution in [1.29, 1.82) is 0 Å². The molecule has 2 aromatic rings. The largest absolute Gasteiger partial charge is 0.467 e. The maximum Gasteiger partial charge on any atom is 0.344 e. The Hall–Kier alpha value is -2.84. The van der Waals surface area contributed by atoms with Crippen molar-refractivity contribution in [2.24, 2.45) is 11.8 Å². The molecule has 2 aliphatic rings. The van der Waals surface area contributed by atoms with Crippen LogP contribution in [0.1, 0.15) is 43.4 Å². The van der Waals surface area contributed by atoms with E-state index in [2.05, 4.69) is 92.0 Å². The number of benzene rings is 2. The molecule has 0 radical (unpaired) electrons. The summed E-state index contributed by atoms with van der Waals surface area (Å²) in [5.74, 6) is -3.54. The van der Waals surface area contributed by atoms with Gasteiger partial charge in [0.2, 0.25) is 5.67 Å². The van der Waals surface area contributed by atoms with Gasteiger partial charge in [0.1, 0.15) is 11.9 Å². The van der Waals surface area contributed by atoms with Crippen molar-refractivity contribution >= 4 is 26.0 Å². The zero-order valence-electron chi connectivity index (χ0n) is 21.7. The number of ketones is 1. The van der Waals surface area contributed by atoms with E-state index in [0.29, 0.717) is 5.92 Å². The molecule has 2 aliphatic carbocycles. The molecule has 36 heavy (non-hydrogen) atoms. The Morgan fingerprint density at radius 2 is 1.53 bits per heavy atom. The van der Waals surface area contributed by atoms with Crippen LogP contribution in [0.15, 0.2) is 60.7 Å². The fraction of sp³-hybridized carbons (Fsp3) is 0.464. The summed E-state index contributed by atoms with van der Waals surface area (Å²) in [4.78, 5) is 33.3. The predicted octanol–water partition coefficient (Wildman–Crippen LogP) is 5.40. The van der Waals surface area contributed by atoms with Gasteiger partial charge in [-0.25, -0.2) is 9.18 Å². The minimum atomic E-state index is -2.29. The number of methoxy groups -OCH3 is 1. The van der Waals surface area contributed by atoms with Gasteiger partial charge in [-0.3, -0.25) is 9.59 Å². The number of ether oxygens (including phenoxy) is 2. The highest BCUT2D eigenvalue weighted by atomic mass is 28.4. The summed E-state index contributed by atoms with van der Waals surface area (Å²) in [6, 6.07) is 21.2. The smallest absolute Gasteiger partial charge is 0.344 e. The lowest BCUT2D eigenvalue weighted by atomic mass is 9.91. The third-order valence-electron chi connectivity index (χ3n) is 6.54. The number of hydrogen-bond acceptors (Lipinski definition) is 6. The zero-order valence-corrected chi connectivity index (χ0v) is 22.7. The average Bonchev–Trinajstić information content (AvgIpc) is 3.35. The van der Waals surface area contributed by atoms with Gasteiger partial charge in [-0.05, 0) is 30.8 Å². The van der Waals surface area contributed by atoms with Crippen LogP contribution in [0.5, 0.6) is 0 Å². The molecule has 194 valence electrons. The summed E-state index contributed by atoms with van der Waals surface area (Å²) < 4.78 is 29.7. The van der Waals surface area contributed by atoms with Gasteiger partial charge in [0.15, 0.2) is 8.32 Å². The van der Waals surface area contributed by atoms with E-state index in [1.54, 1.807) is 0 Å². The van der Waals surface area contributed by atoms with E-state index in [4.69, 9.17) is 9.16 Å². The van der Waals surface area contributed by atoms with E-state index in [1.165, 1.54) is 18.1 Å². The van der Waals surface area contributed by atoms with E-state index >= 15 is 0 Å². The number of hydrogen-bond donors (Lipinski definition) is 0. The first-order valence-electron chi connectivity index (χ1n) is 12.1. The highest BCUT2D eigenvalue weighted by Crippen LogP contribution is 2.62. The number of fused-ring (bicyclic) bond motifs is 1. The second kappa shape index (κ2) is 11.0. The summed E-state index contributed by atoms with van der Waals surface area (Å²) >= 11 is 0. The van der Waals surface area contributed by atoms with Crippen molar-refractivity contribution in [2.45, 2.75) is 63.7 Å². The van der Waals surface area contributed by atoms with Gasteiger partial charge in [0.05, 0.1) is 25.0 Å². The van der Waals surface area contributed by atoms with Gasteiger partial charge >= 0.3 is 11.9 Å². The lowest BCUT2D eigenvalue weighted by molar-refractivity contribution is -0.156. The van der Waals surface area contributed by atoms with Crippen molar-refractivity contribution < 1.29 is 32.7 Å². The van der Waals surface area contributed by atoms with Gasteiger partial charge in [-0.2, -0.15) is 0 Å². The van der Waals surface area contributed by atoms with Crippen LogP contribution >= 0.6 is 0 Å². The first kappa shape index (κ1) is 27.7. The average molecular weight is 515 g/mol. The van der Waals surface area contributed by atoms with Crippen LogP contribution in [-0.2, 0) is 28.3 Å². The number of Topliss-reactive ketones (excluding diaryl/α,β-unsaturated/α-hetero) is 1. The lowest BCUT2D eigenvalue weighted by Gasteiger charge is -2.31. The summed E-state index contributed by atoms with van der Waals surface area (Å²) in [6.45, 7) is 10.2. The van der Waals surface area contributed by atoms with Gasteiger partial charge in [0, 0.05) is 19.3 Å². The van der Waals surface area contributed by atoms with Crippen LogP contribution in [0.2, 0.25) is 19.6 Å². The molecule has 0 unspecified atom stereocenters. The summed E-state index contributed by atoms with van der Waals surface area (Å²) in [6.07, 6.45) is -0.721. The number of halogens is 1. The number of rotatable bonds is 7. The van der Waals surface area contributed by atoms with Crippen LogP contribution in [0.4, 0.5) is 4.39 Å². The molecule has 0 spiro atoms. The molecule has 0 amide bonds. The zero-order chi connectivity index (χ0) is 26.7. The summed E-state index contributed by atoms with van der Waals surface area (Å²) in [7, 11) is -0.540. The number of alkyl halides is 1. The third kappa shape index (κ3) is 6.10. The number of carbonyl (C=O) groups excluding carboxylic acids is 3. The summed E-state index contributed by atoms with van der Waals surface area (Å²) in [5.41, 5.74) is 0.315. The van der Waals surface area contributed by atoms with Crippen LogP contribution < -0.4 is 0 Å². The molecule has 0 aliphatic heterocycles. The normalized spacial score (nSPS) is 26.1. The molecule has 0 N–H and O–H groups in total. The van der Waals surface area contributed by atoms with Crippen molar-refractivity contribution in [1.82, 2.24) is 0 Å². The van der Waals surface area contributed by atoms with E-state index in [-0.39, 0.29) is 18.3 Å². The second-order valence-corrected chi connectivity index (χ2v) is 14.8. The van der Waals surface area contributed by atoms with E-state index < -0.39 is 43.9 Å². The molecule has 4 rings (SSSR count). The first-order chi connectivity index (χ1) is 16.9. The molecule has 6 nitrogen and oxygen atoms in total. The molecule has 0 aromatic heterocycles. The highest BCUT2D eigenvalue weighted by Gasteiger charge is 2.81. The topological polar surface area (TPSA) is 78.9 Å². The second-order valence-electron chi connectivity index (χ2n) is 10.3. The maximum absolute atomic E-state index is 14.1. The van der Waals surface area contributed by atoms with E-state index in [9.17, 15) is 18.8 Å². The van der Waals surface area contributed by atoms with Crippen molar-refractivity contribution in [3.05, 3.63) is 71.8 Å². The van der Waals surface area contributed by atoms with Gasteiger partial charge < -0.3 is 13.9 Å². The fourth-order valence-corrected chi connectivity index (χ4v) is 6.02. The monoisotopic (exact) mass is 514 g/mol. The molecule has 2 saturated carbocycles. The Bertz CT molecular complexity index is 1070. The summed E-state index contributed by atoms with van der Waals surface area (Å²) in [5, 5.41) is 0. The van der Waals surface area contributed by atoms with Crippen LogP contribution in [-0.4, -0.2) is 44.9 Å². The fourth-order valence-electron chi connectivity index (χ4n) is 4.92. The molecular weight excluding hydrogens is 479 g/mol. The molecule has 0 saturated heterocycles. The molecule has 0 bridgehead atoms. The number of esters is 2. The van der Waals surface area contributed by atoms with E-state index in [0.717, 1.165) is 7.11 Å². The first-order valence-corrected chi connectivity index (χ1v) is 15.6. The Balaban J connectivity index is 0.000000205. The Kier molecular flexibility index (Phi) is 8.51. The van der Waals surface area contributed by atoms with Crippen molar-refractivity contribution in [3.8, 4) is 0 Å². The maximum atomic E-state index is 14.1. The van der Waals surface area contributed by atoms with Crippen LogP contribution in [0, 0.1) is 11.8 Å². The Morgan fingerprint density at radius 3 is 2.00 bits per heavy atom. The highest BCUT2D eigenvalue weighted by molar-refractivity contribution is 6.69. The SMILES string of the molecule is COC(=O)[C@]1(F)[C@@H]2[C@H]1C(=O)C[C@H]2OC(C)=O.C[C@@H](c1ccccc1)[C@@H](O[Si](C)(C)C)c1ccccc1. The number of carbonyl (C=O) groups is 3. The molecule has 0 heterocycles. The van der Waals surface area contributed by atoms with Crippen molar-refractivity contribution in [3.63, 3.8) is 0 Å². The molecular formula is C28H35FO6Si. The van der Waals surface area contributed by atoms with Crippen LogP contribution in [0.25, 0.3) is 0 Å². The van der Waals surface area contributed by atoms with E-state index in [1.807, 2.05) is 0 Å². The minimum absolute atomic E-state index is 0.0163. The standard InChI is InChI=1S/C18H24OSi.C10H11FO5/c1-15(16-11-7-5-8-12-16)18(19-20(2,3)4)17-13-9-6-10-14-17;1-4(12)16-6-3-5(13)7-8(6)10(7,11)9(14)15-2/h5-15,18H,1-4H3;6-8H,3H2,1-2H3/t15-,18+;6-,7-,8+,10-/m01/s1. The quantitative estimate of drug-likeness (QED) is 0.364. The van der Waals surface area contributed by atoms with Gasteiger partial charge in [0.25, 0.3) is 0 Å². The molecule has 6 atom stereocenters. The predicted molar refractivity (Wildman–Crippen MR) is 136 cm³/mol. The Morgan fingerprint density at radius 1 is 1.00 bits per heavy atom. The lowest BCUT2D eigenvalue weighted by Crippen LogP contribution is -2.32.